The lowest BCUT2D eigenvalue weighted by molar-refractivity contribution is -0.116. The Bertz CT molecular complexity index is 501. The van der Waals surface area contributed by atoms with Crippen LogP contribution in [0.5, 0.6) is 0 Å². The van der Waals surface area contributed by atoms with Crippen molar-refractivity contribution in [1.29, 1.82) is 0 Å². The van der Waals surface area contributed by atoms with Gasteiger partial charge in [0.2, 0.25) is 0 Å². The van der Waals surface area contributed by atoms with Crippen molar-refractivity contribution < 1.29 is 4.79 Å². The van der Waals surface area contributed by atoms with E-state index in [1.165, 1.54) is 11.1 Å². The molecule has 0 saturated heterocycles. The number of carbonyl (C=O) groups excluding carboxylic acids is 1. The Morgan fingerprint density at radius 2 is 1.72 bits per heavy atom. The summed E-state index contributed by atoms with van der Waals surface area (Å²) in [6.07, 6.45) is 7.58. The third-order valence-corrected chi connectivity index (χ3v) is 3.25. The van der Waals surface area contributed by atoms with Gasteiger partial charge in [0.1, 0.15) is 0 Å². The SMILES string of the molecule is Cc1ccc(C=CC2=CC(=O)CC(C)(C)C2)cc1. The highest BCUT2D eigenvalue weighted by Crippen LogP contribution is 2.34. The zero-order chi connectivity index (χ0) is 13.2. The molecule has 1 heteroatoms. The van der Waals surface area contributed by atoms with Crippen LogP contribution in [-0.4, -0.2) is 5.78 Å². The standard InChI is InChI=1S/C17H20O/c1-13-4-6-14(7-5-13)8-9-15-10-16(18)12-17(2,3)11-15/h4-10H,11-12H2,1-3H3. The number of hydrogen-bond acceptors (Lipinski definition) is 1. The minimum Gasteiger partial charge on any atom is -0.295 e. The van der Waals surface area contributed by atoms with Crippen LogP contribution in [0.25, 0.3) is 6.08 Å². The van der Waals surface area contributed by atoms with Crippen molar-refractivity contribution >= 4 is 11.9 Å². The van der Waals surface area contributed by atoms with E-state index in [0.717, 1.165) is 12.0 Å². The summed E-state index contributed by atoms with van der Waals surface area (Å²) in [7, 11) is 0. The lowest BCUT2D eigenvalue weighted by Gasteiger charge is -2.27. The smallest absolute Gasteiger partial charge is 0.156 e. The summed E-state index contributed by atoms with van der Waals surface area (Å²) >= 11 is 0. The van der Waals surface area contributed by atoms with Gasteiger partial charge in [-0.2, -0.15) is 0 Å². The van der Waals surface area contributed by atoms with Gasteiger partial charge in [-0.3, -0.25) is 4.79 Å². The fourth-order valence-electron chi connectivity index (χ4n) is 2.38. The van der Waals surface area contributed by atoms with Crippen LogP contribution in [0.1, 0.15) is 37.8 Å². The lowest BCUT2D eigenvalue weighted by atomic mass is 9.77. The number of carbonyl (C=O) groups is 1. The van der Waals surface area contributed by atoms with Crippen molar-refractivity contribution in [3.63, 3.8) is 0 Å². The van der Waals surface area contributed by atoms with Gasteiger partial charge in [0, 0.05) is 6.42 Å². The predicted octanol–water partition coefficient (Wildman–Crippen LogP) is 4.32. The molecular weight excluding hydrogens is 220 g/mol. The topological polar surface area (TPSA) is 17.1 Å². The third-order valence-electron chi connectivity index (χ3n) is 3.25. The molecular formula is C17H20O. The van der Waals surface area contributed by atoms with Crippen LogP contribution in [0.4, 0.5) is 0 Å². The van der Waals surface area contributed by atoms with E-state index in [9.17, 15) is 4.79 Å². The number of allylic oxidation sites excluding steroid dienone is 3. The van der Waals surface area contributed by atoms with Gasteiger partial charge in [0.15, 0.2) is 5.78 Å². The third kappa shape index (κ3) is 3.43. The molecule has 0 heterocycles. The summed E-state index contributed by atoms with van der Waals surface area (Å²) in [4.78, 5) is 11.6. The van der Waals surface area contributed by atoms with Gasteiger partial charge in [0.25, 0.3) is 0 Å². The Labute approximate surface area is 109 Å². The number of ketones is 1. The number of rotatable bonds is 2. The van der Waals surface area contributed by atoms with Crippen LogP contribution < -0.4 is 0 Å². The molecule has 1 aliphatic rings. The van der Waals surface area contributed by atoms with Gasteiger partial charge < -0.3 is 0 Å². The fourth-order valence-corrected chi connectivity index (χ4v) is 2.38. The largest absolute Gasteiger partial charge is 0.295 e. The molecule has 0 fully saturated rings. The first-order valence-corrected chi connectivity index (χ1v) is 6.43. The highest BCUT2D eigenvalue weighted by Gasteiger charge is 2.26. The second-order valence-corrected chi connectivity index (χ2v) is 5.95. The number of hydrogen-bond donors (Lipinski definition) is 0. The quantitative estimate of drug-likeness (QED) is 0.752. The van der Waals surface area contributed by atoms with Gasteiger partial charge in [0.05, 0.1) is 0 Å². The number of aryl methyl sites for hydroxylation is 1. The Hall–Kier alpha value is -1.63. The first-order valence-electron chi connectivity index (χ1n) is 6.43. The maximum Gasteiger partial charge on any atom is 0.156 e. The molecule has 2 rings (SSSR count). The van der Waals surface area contributed by atoms with Gasteiger partial charge in [-0.15, -0.1) is 0 Å². The average molecular weight is 240 g/mol. The Morgan fingerprint density at radius 1 is 1.06 bits per heavy atom. The second-order valence-electron chi connectivity index (χ2n) is 5.95. The minimum atomic E-state index is 0.0960. The maximum atomic E-state index is 11.6. The monoisotopic (exact) mass is 240 g/mol. The van der Waals surface area contributed by atoms with E-state index in [1.807, 2.05) is 0 Å². The molecule has 0 atom stereocenters. The first-order chi connectivity index (χ1) is 8.44. The average Bonchev–Trinajstić information content (AvgIpc) is 2.25. The van der Waals surface area contributed by atoms with E-state index in [0.29, 0.717) is 6.42 Å². The van der Waals surface area contributed by atoms with E-state index >= 15 is 0 Å². The van der Waals surface area contributed by atoms with Crippen molar-refractivity contribution in [2.45, 2.75) is 33.6 Å². The molecule has 18 heavy (non-hydrogen) atoms. The highest BCUT2D eigenvalue weighted by atomic mass is 16.1. The summed E-state index contributed by atoms with van der Waals surface area (Å²) in [5, 5.41) is 0. The van der Waals surface area contributed by atoms with Crippen LogP contribution in [0.15, 0.2) is 42.0 Å². The van der Waals surface area contributed by atoms with E-state index in [2.05, 4.69) is 57.2 Å². The van der Waals surface area contributed by atoms with E-state index in [1.54, 1.807) is 6.08 Å². The molecule has 0 N–H and O–H groups in total. The van der Waals surface area contributed by atoms with Gasteiger partial charge in [-0.25, -0.2) is 0 Å². The predicted molar refractivity (Wildman–Crippen MR) is 76.3 cm³/mol. The van der Waals surface area contributed by atoms with Crippen LogP contribution >= 0.6 is 0 Å². The molecule has 1 aromatic rings. The van der Waals surface area contributed by atoms with Gasteiger partial charge in [-0.05, 0) is 36.0 Å². The molecule has 0 radical (unpaired) electrons. The van der Waals surface area contributed by atoms with Crippen molar-refractivity contribution in [3.8, 4) is 0 Å². The first kappa shape index (κ1) is 12.8. The summed E-state index contributed by atoms with van der Waals surface area (Å²) in [6.45, 7) is 6.38. The molecule has 1 aliphatic carbocycles. The molecule has 0 aliphatic heterocycles. The van der Waals surface area contributed by atoms with Crippen LogP contribution in [0, 0.1) is 12.3 Å². The van der Waals surface area contributed by atoms with Crippen LogP contribution in [0.3, 0.4) is 0 Å². The zero-order valence-corrected chi connectivity index (χ0v) is 11.4. The molecule has 0 unspecified atom stereocenters. The van der Waals surface area contributed by atoms with E-state index in [-0.39, 0.29) is 11.2 Å². The Balaban J connectivity index is 2.14. The van der Waals surface area contributed by atoms with Crippen LogP contribution in [0.2, 0.25) is 0 Å². The van der Waals surface area contributed by atoms with Crippen molar-refractivity contribution in [1.82, 2.24) is 0 Å². The minimum absolute atomic E-state index is 0.0960. The lowest BCUT2D eigenvalue weighted by Crippen LogP contribution is -2.21. The highest BCUT2D eigenvalue weighted by molar-refractivity contribution is 5.92. The molecule has 1 nitrogen and oxygen atoms in total. The normalized spacial score (nSPS) is 19.1. The molecule has 94 valence electrons. The molecule has 0 saturated carbocycles. The molecule has 0 amide bonds. The summed E-state index contributed by atoms with van der Waals surface area (Å²) < 4.78 is 0. The molecule has 0 bridgehead atoms. The molecule has 0 spiro atoms. The Morgan fingerprint density at radius 3 is 2.33 bits per heavy atom. The number of benzene rings is 1. The molecule has 0 aromatic heterocycles. The fraction of sp³-hybridized carbons (Fsp3) is 0.353. The van der Waals surface area contributed by atoms with E-state index in [4.69, 9.17) is 0 Å². The summed E-state index contributed by atoms with van der Waals surface area (Å²) in [6, 6.07) is 8.40. The van der Waals surface area contributed by atoms with Gasteiger partial charge in [-0.1, -0.05) is 55.8 Å². The van der Waals surface area contributed by atoms with Crippen molar-refractivity contribution in [2.75, 3.05) is 0 Å². The van der Waals surface area contributed by atoms with Crippen molar-refractivity contribution in [3.05, 3.63) is 53.1 Å². The Kier molecular flexibility index (Phi) is 3.51. The molecule has 1 aromatic carbocycles. The summed E-state index contributed by atoms with van der Waals surface area (Å²) in [5.74, 6) is 0.245. The van der Waals surface area contributed by atoms with Crippen molar-refractivity contribution in [2.24, 2.45) is 5.41 Å². The summed E-state index contributed by atoms with van der Waals surface area (Å²) in [5.41, 5.74) is 3.67. The maximum absolute atomic E-state index is 11.6. The second kappa shape index (κ2) is 4.93. The van der Waals surface area contributed by atoms with E-state index < -0.39 is 0 Å². The van der Waals surface area contributed by atoms with Crippen LogP contribution in [-0.2, 0) is 4.79 Å². The van der Waals surface area contributed by atoms with Gasteiger partial charge >= 0.3 is 0 Å². The zero-order valence-electron chi connectivity index (χ0n) is 11.4.